The van der Waals surface area contributed by atoms with Crippen LogP contribution in [0.2, 0.25) is 0 Å². The molecule has 24 heavy (non-hydrogen) atoms. The molecule has 1 aromatic carbocycles. The number of hydrogen-bond donors (Lipinski definition) is 1. The summed E-state index contributed by atoms with van der Waals surface area (Å²) in [6, 6.07) is 9.46. The first-order valence-electron chi connectivity index (χ1n) is 7.95. The molecule has 0 heterocycles. The summed E-state index contributed by atoms with van der Waals surface area (Å²) in [7, 11) is 0. The topological polar surface area (TPSA) is 75.7 Å². The molecule has 2 amide bonds. The van der Waals surface area contributed by atoms with Gasteiger partial charge < -0.3 is 15.0 Å². The first-order valence-corrected chi connectivity index (χ1v) is 7.95. The standard InChI is InChI=1S/C18H24N2O4/c1-3-24-18(23)11-13-20(14-12-19-15(2)21)17(22)10-9-16-7-5-4-6-8-16/h4-10H,3,11-14H2,1-2H3,(H,19,21)/b10-9+. The number of carbonyl (C=O) groups is 3. The van der Waals surface area contributed by atoms with Crippen molar-refractivity contribution in [3.63, 3.8) is 0 Å². The maximum Gasteiger partial charge on any atom is 0.307 e. The monoisotopic (exact) mass is 332 g/mol. The third-order valence-electron chi connectivity index (χ3n) is 3.18. The molecule has 0 bridgehead atoms. The molecule has 0 saturated carbocycles. The van der Waals surface area contributed by atoms with E-state index >= 15 is 0 Å². The Kier molecular flexibility index (Phi) is 8.89. The minimum absolute atomic E-state index is 0.124. The van der Waals surface area contributed by atoms with Gasteiger partial charge in [0.1, 0.15) is 0 Å². The molecule has 0 aromatic heterocycles. The number of nitrogens with one attached hydrogen (secondary N) is 1. The lowest BCUT2D eigenvalue weighted by molar-refractivity contribution is -0.143. The fourth-order valence-electron chi connectivity index (χ4n) is 2.00. The van der Waals surface area contributed by atoms with Crippen LogP contribution in [0.3, 0.4) is 0 Å². The van der Waals surface area contributed by atoms with Gasteiger partial charge in [-0.25, -0.2) is 0 Å². The quantitative estimate of drug-likeness (QED) is 0.551. The highest BCUT2D eigenvalue weighted by Crippen LogP contribution is 2.03. The van der Waals surface area contributed by atoms with Crippen molar-refractivity contribution in [2.24, 2.45) is 0 Å². The molecular formula is C18H24N2O4. The van der Waals surface area contributed by atoms with Crippen LogP contribution in [0.5, 0.6) is 0 Å². The molecule has 6 nitrogen and oxygen atoms in total. The third-order valence-corrected chi connectivity index (χ3v) is 3.18. The number of ether oxygens (including phenoxy) is 1. The van der Waals surface area contributed by atoms with E-state index in [0.717, 1.165) is 5.56 Å². The average Bonchev–Trinajstić information content (AvgIpc) is 2.56. The largest absolute Gasteiger partial charge is 0.466 e. The van der Waals surface area contributed by atoms with Gasteiger partial charge in [-0.15, -0.1) is 0 Å². The fourth-order valence-corrected chi connectivity index (χ4v) is 2.00. The second kappa shape index (κ2) is 11.0. The minimum atomic E-state index is -0.345. The summed E-state index contributed by atoms with van der Waals surface area (Å²) < 4.78 is 4.88. The summed E-state index contributed by atoms with van der Waals surface area (Å²) in [5.74, 6) is -0.719. The Hall–Kier alpha value is -2.63. The Labute approximate surface area is 142 Å². The van der Waals surface area contributed by atoms with E-state index in [2.05, 4.69) is 5.32 Å². The predicted molar refractivity (Wildman–Crippen MR) is 92.0 cm³/mol. The second-order valence-corrected chi connectivity index (χ2v) is 5.11. The van der Waals surface area contributed by atoms with E-state index in [-0.39, 0.29) is 30.7 Å². The summed E-state index contributed by atoms with van der Waals surface area (Å²) in [5.41, 5.74) is 0.915. The molecule has 0 unspecified atom stereocenters. The average molecular weight is 332 g/mol. The van der Waals surface area contributed by atoms with Crippen LogP contribution in [-0.2, 0) is 19.1 Å². The molecule has 0 aliphatic rings. The third kappa shape index (κ3) is 8.12. The van der Waals surface area contributed by atoms with Gasteiger partial charge in [0.25, 0.3) is 0 Å². The van der Waals surface area contributed by atoms with Crippen molar-refractivity contribution in [1.82, 2.24) is 10.2 Å². The Bertz CT molecular complexity index is 570. The lowest BCUT2D eigenvalue weighted by atomic mass is 10.2. The van der Waals surface area contributed by atoms with Crippen LogP contribution in [0.15, 0.2) is 36.4 Å². The second-order valence-electron chi connectivity index (χ2n) is 5.11. The molecule has 6 heteroatoms. The number of hydrogen-bond acceptors (Lipinski definition) is 4. The Morgan fingerprint density at radius 2 is 1.88 bits per heavy atom. The molecule has 1 aromatic rings. The van der Waals surface area contributed by atoms with Crippen molar-refractivity contribution < 1.29 is 19.1 Å². The van der Waals surface area contributed by atoms with Crippen LogP contribution in [-0.4, -0.2) is 48.9 Å². The van der Waals surface area contributed by atoms with E-state index in [1.807, 2.05) is 30.3 Å². The highest BCUT2D eigenvalue weighted by Gasteiger charge is 2.13. The zero-order chi connectivity index (χ0) is 17.8. The normalized spacial score (nSPS) is 10.4. The van der Waals surface area contributed by atoms with Gasteiger partial charge in [-0.05, 0) is 18.6 Å². The lowest BCUT2D eigenvalue weighted by Crippen LogP contribution is -2.38. The number of benzene rings is 1. The first-order chi connectivity index (χ1) is 11.5. The summed E-state index contributed by atoms with van der Waals surface area (Å²) in [6.45, 7) is 4.38. The molecule has 0 radical (unpaired) electrons. The Balaban J connectivity index is 2.63. The van der Waals surface area contributed by atoms with E-state index in [9.17, 15) is 14.4 Å². The summed E-state index contributed by atoms with van der Waals surface area (Å²) in [5, 5.41) is 2.64. The fraction of sp³-hybridized carbons (Fsp3) is 0.389. The van der Waals surface area contributed by atoms with Crippen LogP contribution in [0.25, 0.3) is 6.08 Å². The van der Waals surface area contributed by atoms with Crippen molar-refractivity contribution in [3.8, 4) is 0 Å². The van der Waals surface area contributed by atoms with Crippen molar-refractivity contribution in [3.05, 3.63) is 42.0 Å². The maximum atomic E-state index is 12.3. The number of esters is 1. The summed E-state index contributed by atoms with van der Waals surface area (Å²) in [4.78, 5) is 36.3. The van der Waals surface area contributed by atoms with Crippen molar-refractivity contribution in [2.45, 2.75) is 20.3 Å². The van der Waals surface area contributed by atoms with Crippen LogP contribution < -0.4 is 5.32 Å². The van der Waals surface area contributed by atoms with Crippen molar-refractivity contribution >= 4 is 23.9 Å². The highest BCUT2D eigenvalue weighted by molar-refractivity contribution is 5.92. The van der Waals surface area contributed by atoms with E-state index in [4.69, 9.17) is 4.74 Å². The smallest absolute Gasteiger partial charge is 0.307 e. The van der Waals surface area contributed by atoms with Gasteiger partial charge in [0.15, 0.2) is 0 Å². The van der Waals surface area contributed by atoms with E-state index in [1.54, 1.807) is 13.0 Å². The number of nitrogens with zero attached hydrogens (tertiary/aromatic N) is 1. The number of amides is 2. The molecule has 130 valence electrons. The molecule has 0 aliphatic carbocycles. The van der Waals surface area contributed by atoms with Crippen LogP contribution in [0.4, 0.5) is 0 Å². The van der Waals surface area contributed by atoms with Crippen LogP contribution >= 0.6 is 0 Å². The van der Waals surface area contributed by atoms with Gasteiger partial charge in [0, 0.05) is 32.6 Å². The molecule has 0 saturated heterocycles. The Morgan fingerprint density at radius 1 is 1.17 bits per heavy atom. The molecule has 0 atom stereocenters. The molecule has 0 aliphatic heterocycles. The first kappa shape index (κ1) is 19.4. The zero-order valence-corrected chi connectivity index (χ0v) is 14.2. The number of carbonyl (C=O) groups excluding carboxylic acids is 3. The molecular weight excluding hydrogens is 308 g/mol. The number of rotatable bonds is 9. The summed E-state index contributed by atoms with van der Waals surface area (Å²) >= 11 is 0. The van der Waals surface area contributed by atoms with Gasteiger partial charge in [-0.2, -0.15) is 0 Å². The van der Waals surface area contributed by atoms with Gasteiger partial charge in [0.2, 0.25) is 11.8 Å². The van der Waals surface area contributed by atoms with Gasteiger partial charge in [0.05, 0.1) is 13.0 Å². The van der Waals surface area contributed by atoms with E-state index < -0.39 is 0 Å². The predicted octanol–water partition coefficient (Wildman–Crippen LogP) is 1.62. The zero-order valence-electron chi connectivity index (χ0n) is 14.2. The Morgan fingerprint density at radius 3 is 2.50 bits per heavy atom. The SMILES string of the molecule is CCOC(=O)CCN(CCNC(C)=O)C(=O)/C=C/c1ccccc1. The molecule has 0 spiro atoms. The molecule has 1 rings (SSSR count). The van der Waals surface area contributed by atoms with E-state index in [1.165, 1.54) is 17.9 Å². The minimum Gasteiger partial charge on any atom is -0.466 e. The van der Waals surface area contributed by atoms with Gasteiger partial charge in [-0.3, -0.25) is 14.4 Å². The maximum absolute atomic E-state index is 12.3. The van der Waals surface area contributed by atoms with Crippen LogP contribution in [0.1, 0.15) is 25.8 Å². The lowest BCUT2D eigenvalue weighted by Gasteiger charge is -2.21. The highest BCUT2D eigenvalue weighted by atomic mass is 16.5. The van der Waals surface area contributed by atoms with Crippen molar-refractivity contribution in [2.75, 3.05) is 26.2 Å². The summed E-state index contributed by atoms with van der Waals surface area (Å²) in [6.07, 6.45) is 3.31. The van der Waals surface area contributed by atoms with Gasteiger partial charge in [-0.1, -0.05) is 30.3 Å². The van der Waals surface area contributed by atoms with Crippen LogP contribution in [0, 0.1) is 0 Å². The molecule has 0 fully saturated rings. The van der Waals surface area contributed by atoms with Crippen molar-refractivity contribution in [1.29, 1.82) is 0 Å². The molecule has 1 N–H and O–H groups in total. The van der Waals surface area contributed by atoms with E-state index in [0.29, 0.717) is 19.7 Å². The van der Waals surface area contributed by atoms with Gasteiger partial charge >= 0.3 is 5.97 Å².